The van der Waals surface area contributed by atoms with Gasteiger partial charge in [0.2, 0.25) is 5.91 Å². The zero-order valence-electron chi connectivity index (χ0n) is 13.8. The summed E-state index contributed by atoms with van der Waals surface area (Å²) in [5, 5.41) is 2.65. The number of amides is 1. The lowest BCUT2D eigenvalue weighted by atomic mass is 10.2. The van der Waals surface area contributed by atoms with Crippen molar-refractivity contribution in [1.82, 2.24) is 14.7 Å². The molecule has 2 aromatic rings. The highest BCUT2D eigenvalue weighted by Crippen LogP contribution is 2.10. The Morgan fingerprint density at radius 1 is 1.43 bits per heavy atom. The Labute approximate surface area is 135 Å². The molecule has 2 aromatic heterocycles. The Morgan fingerprint density at radius 3 is 2.91 bits per heavy atom. The highest BCUT2D eigenvalue weighted by molar-refractivity contribution is 5.85. The molecule has 0 aliphatic heterocycles. The van der Waals surface area contributed by atoms with Gasteiger partial charge in [0.15, 0.2) is 0 Å². The molecule has 0 saturated carbocycles. The molecule has 2 heterocycles. The Kier molecular flexibility index (Phi) is 5.73. The minimum absolute atomic E-state index is 0.133. The van der Waals surface area contributed by atoms with Crippen molar-refractivity contribution in [2.75, 3.05) is 6.61 Å². The van der Waals surface area contributed by atoms with Crippen molar-refractivity contribution >= 4 is 17.5 Å². The number of carbonyl (C=O) groups excluding carboxylic acids is 2. The second-order valence-corrected chi connectivity index (χ2v) is 5.64. The second-order valence-electron chi connectivity index (χ2n) is 5.64. The topological polar surface area (TPSA) is 72.7 Å². The number of aromatic nitrogens is 2. The van der Waals surface area contributed by atoms with Crippen LogP contribution in [0.5, 0.6) is 0 Å². The van der Waals surface area contributed by atoms with Gasteiger partial charge in [-0.2, -0.15) is 0 Å². The molecule has 23 heavy (non-hydrogen) atoms. The van der Waals surface area contributed by atoms with Crippen LogP contribution in [0.1, 0.15) is 37.9 Å². The van der Waals surface area contributed by atoms with Gasteiger partial charge in [-0.25, -0.2) is 9.78 Å². The number of hydrogen-bond acceptors (Lipinski definition) is 4. The largest absolute Gasteiger partial charge is 0.464 e. The minimum atomic E-state index is -0.655. The van der Waals surface area contributed by atoms with E-state index in [2.05, 4.69) is 10.3 Å². The minimum Gasteiger partial charge on any atom is -0.464 e. The van der Waals surface area contributed by atoms with Gasteiger partial charge in [0.1, 0.15) is 11.7 Å². The number of unbranched alkanes of at least 4 members (excludes halogenated alkanes) is 1. The first-order valence-corrected chi connectivity index (χ1v) is 7.90. The monoisotopic (exact) mass is 317 g/mol. The fraction of sp³-hybridized carbons (Fsp3) is 0.471. The maximum atomic E-state index is 12.1. The van der Waals surface area contributed by atoms with Gasteiger partial charge in [-0.05, 0) is 31.9 Å². The summed E-state index contributed by atoms with van der Waals surface area (Å²) >= 11 is 0. The summed E-state index contributed by atoms with van der Waals surface area (Å²) in [6, 6.07) is 3.25. The first-order chi connectivity index (χ1) is 11.0. The molecule has 0 aromatic carbocycles. The van der Waals surface area contributed by atoms with E-state index in [1.54, 1.807) is 6.92 Å². The number of rotatable bonds is 7. The Hall–Kier alpha value is -2.37. The molecule has 0 aliphatic rings. The SMILES string of the molecule is CCCCOC(=O)C(C)NC(=O)Cc1cn2cccc(C)c2n1. The van der Waals surface area contributed by atoms with Crippen molar-refractivity contribution in [2.45, 2.75) is 46.1 Å². The molecule has 0 spiro atoms. The van der Waals surface area contributed by atoms with Crippen LogP contribution in [0.15, 0.2) is 24.5 Å². The molecule has 0 bridgehead atoms. The molecule has 0 radical (unpaired) electrons. The number of aryl methyl sites for hydroxylation is 1. The van der Waals surface area contributed by atoms with Crippen molar-refractivity contribution in [2.24, 2.45) is 0 Å². The number of imidazole rings is 1. The predicted octanol–water partition coefficient (Wildman–Crippen LogP) is 2.03. The van der Waals surface area contributed by atoms with E-state index in [0.717, 1.165) is 24.1 Å². The first kappa shape index (κ1) is 17.0. The zero-order valence-corrected chi connectivity index (χ0v) is 13.8. The van der Waals surface area contributed by atoms with Crippen molar-refractivity contribution in [3.63, 3.8) is 0 Å². The average molecular weight is 317 g/mol. The smallest absolute Gasteiger partial charge is 0.328 e. The number of hydrogen-bond donors (Lipinski definition) is 1. The van der Waals surface area contributed by atoms with Gasteiger partial charge >= 0.3 is 5.97 Å². The summed E-state index contributed by atoms with van der Waals surface area (Å²) < 4.78 is 6.97. The first-order valence-electron chi connectivity index (χ1n) is 7.90. The van der Waals surface area contributed by atoms with Crippen LogP contribution in [0.4, 0.5) is 0 Å². The summed E-state index contributed by atoms with van der Waals surface area (Å²) in [5.74, 6) is -0.649. The van der Waals surface area contributed by atoms with Crippen molar-refractivity contribution in [3.8, 4) is 0 Å². The number of pyridine rings is 1. The highest BCUT2D eigenvalue weighted by Gasteiger charge is 2.17. The molecule has 6 nitrogen and oxygen atoms in total. The van der Waals surface area contributed by atoms with Gasteiger partial charge in [-0.1, -0.05) is 19.4 Å². The summed E-state index contributed by atoms with van der Waals surface area (Å²) in [6.07, 6.45) is 5.64. The van der Waals surface area contributed by atoms with Crippen molar-refractivity contribution in [3.05, 3.63) is 35.8 Å². The number of nitrogens with one attached hydrogen (secondary N) is 1. The molecule has 1 amide bonds. The van der Waals surface area contributed by atoms with Crippen LogP contribution in [0.3, 0.4) is 0 Å². The standard InChI is InChI=1S/C17H23N3O3/c1-4-5-9-23-17(22)13(3)18-15(21)10-14-11-20-8-6-7-12(2)16(20)19-14/h6-8,11,13H,4-5,9-10H2,1-3H3,(H,18,21). The van der Waals surface area contributed by atoms with E-state index in [4.69, 9.17) is 4.74 Å². The van der Waals surface area contributed by atoms with Crippen LogP contribution in [0.25, 0.3) is 5.65 Å². The van der Waals surface area contributed by atoms with Crippen LogP contribution in [0.2, 0.25) is 0 Å². The van der Waals surface area contributed by atoms with Crippen molar-refractivity contribution < 1.29 is 14.3 Å². The lowest BCUT2D eigenvalue weighted by molar-refractivity contribution is -0.147. The maximum absolute atomic E-state index is 12.1. The van der Waals surface area contributed by atoms with Crippen LogP contribution in [0, 0.1) is 6.92 Å². The summed E-state index contributed by atoms with van der Waals surface area (Å²) in [4.78, 5) is 28.2. The molecule has 2 rings (SSSR count). The number of ether oxygens (including phenoxy) is 1. The normalized spacial score (nSPS) is 12.1. The lowest BCUT2D eigenvalue weighted by Crippen LogP contribution is -2.40. The fourth-order valence-electron chi connectivity index (χ4n) is 2.25. The fourth-order valence-corrected chi connectivity index (χ4v) is 2.25. The van der Waals surface area contributed by atoms with Crippen LogP contribution in [-0.4, -0.2) is 33.9 Å². The highest BCUT2D eigenvalue weighted by atomic mass is 16.5. The molecular weight excluding hydrogens is 294 g/mol. The van der Waals surface area contributed by atoms with Gasteiger partial charge in [0.25, 0.3) is 0 Å². The van der Waals surface area contributed by atoms with Gasteiger partial charge < -0.3 is 14.5 Å². The molecule has 124 valence electrons. The van der Waals surface area contributed by atoms with Gasteiger partial charge in [0.05, 0.1) is 18.7 Å². The lowest BCUT2D eigenvalue weighted by Gasteiger charge is -2.12. The third kappa shape index (κ3) is 4.55. The summed E-state index contributed by atoms with van der Waals surface area (Å²) in [5.41, 5.74) is 2.55. The van der Waals surface area contributed by atoms with Crippen molar-refractivity contribution in [1.29, 1.82) is 0 Å². The molecule has 1 atom stereocenters. The van der Waals surface area contributed by atoms with Crippen LogP contribution >= 0.6 is 0 Å². The summed E-state index contributed by atoms with van der Waals surface area (Å²) in [6.45, 7) is 6.01. The van der Waals surface area contributed by atoms with Gasteiger partial charge in [0, 0.05) is 12.4 Å². The van der Waals surface area contributed by atoms with E-state index in [0.29, 0.717) is 12.3 Å². The summed E-state index contributed by atoms with van der Waals surface area (Å²) in [7, 11) is 0. The third-order valence-corrected chi connectivity index (χ3v) is 3.54. The number of carbonyl (C=O) groups is 2. The maximum Gasteiger partial charge on any atom is 0.328 e. The molecule has 0 saturated heterocycles. The van der Waals surface area contributed by atoms with E-state index in [1.165, 1.54) is 0 Å². The Balaban J connectivity index is 1.90. The predicted molar refractivity (Wildman–Crippen MR) is 87.1 cm³/mol. The third-order valence-electron chi connectivity index (χ3n) is 3.54. The number of esters is 1. The average Bonchev–Trinajstić information content (AvgIpc) is 2.91. The molecule has 1 unspecified atom stereocenters. The molecule has 1 N–H and O–H groups in total. The van der Waals surface area contributed by atoms with E-state index >= 15 is 0 Å². The molecule has 6 heteroatoms. The second kappa shape index (κ2) is 7.76. The Morgan fingerprint density at radius 2 is 2.22 bits per heavy atom. The quantitative estimate of drug-likeness (QED) is 0.626. The molecule has 0 fully saturated rings. The molecule has 0 aliphatic carbocycles. The molecular formula is C17H23N3O3. The zero-order chi connectivity index (χ0) is 16.8. The Bertz CT molecular complexity index is 693. The van der Waals surface area contributed by atoms with Crippen LogP contribution in [-0.2, 0) is 20.7 Å². The van der Waals surface area contributed by atoms with E-state index < -0.39 is 12.0 Å². The van der Waals surface area contributed by atoms with Crippen LogP contribution < -0.4 is 5.32 Å². The van der Waals surface area contributed by atoms with E-state index in [9.17, 15) is 9.59 Å². The van der Waals surface area contributed by atoms with E-state index in [1.807, 2.05) is 42.8 Å². The van der Waals surface area contributed by atoms with Gasteiger partial charge in [-0.15, -0.1) is 0 Å². The number of nitrogens with zero attached hydrogens (tertiary/aromatic N) is 2. The number of fused-ring (bicyclic) bond motifs is 1. The van der Waals surface area contributed by atoms with Gasteiger partial charge in [-0.3, -0.25) is 4.79 Å². The van der Waals surface area contributed by atoms with E-state index in [-0.39, 0.29) is 12.3 Å².